The van der Waals surface area contributed by atoms with Gasteiger partial charge in [-0.1, -0.05) is 19.8 Å². The second-order valence-corrected chi connectivity index (χ2v) is 4.06. The maximum Gasteiger partial charge on any atom is 0.251 e. The first kappa shape index (κ1) is 16.9. The van der Waals surface area contributed by atoms with Crippen molar-refractivity contribution < 1.29 is 9.18 Å². The molecule has 1 aromatic carbocycles. The number of hydrogen-bond donors (Lipinski definition) is 2. The Kier molecular flexibility index (Phi) is 8.33. The first-order chi connectivity index (χ1) is 8.17. The summed E-state index contributed by atoms with van der Waals surface area (Å²) >= 11 is 0. The molecule has 1 rings (SSSR count). The molecular weight excluding hydrogens is 255 g/mol. The molecule has 0 heterocycles. The Bertz CT molecular complexity index is 357. The van der Waals surface area contributed by atoms with Crippen LogP contribution in [0.3, 0.4) is 0 Å². The summed E-state index contributed by atoms with van der Waals surface area (Å²) in [6.07, 6.45) is 2.98. The number of carbonyl (C=O) groups excluding carboxylic acids is 1. The van der Waals surface area contributed by atoms with Crippen LogP contribution >= 0.6 is 12.4 Å². The standard InChI is InChI=1S/C13H19FN2O.ClH/c1-2-3-4-12(9-15)16-13(17)10-5-7-11(14)8-6-10;/h5-8,12H,2-4,9,15H2,1H3,(H,16,17);1H. The van der Waals surface area contributed by atoms with Gasteiger partial charge in [0, 0.05) is 18.2 Å². The molecule has 102 valence electrons. The highest BCUT2D eigenvalue weighted by atomic mass is 35.5. The third kappa shape index (κ3) is 5.47. The monoisotopic (exact) mass is 274 g/mol. The summed E-state index contributed by atoms with van der Waals surface area (Å²) in [6, 6.07) is 5.49. The highest BCUT2D eigenvalue weighted by Crippen LogP contribution is 2.05. The molecule has 0 aromatic heterocycles. The van der Waals surface area contributed by atoms with Crippen molar-refractivity contribution in [3.63, 3.8) is 0 Å². The Morgan fingerprint density at radius 1 is 1.39 bits per heavy atom. The van der Waals surface area contributed by atoms with Gasteiger partial charge in [0.05, 0.1) is 0 Å². The molecule has 3 N–H and O–H groups in total. The van der Waals surface area contributed by atoms with E-state index in [0.29, 0.717) is 12.1 Å². The highest BCUT2D eigenvalue weighted by Gasteiger charge is 2.11. The first-order valence-electron chi connectivity index (χ1n) is 5.94. The van der Waals surface area contributed by atoms with Crippen LogP contribution in [0.1, 0.15) is 36.5 Å². The lowest BCUT2D eigenvalue weighted by atomic mass is 10.1. The molecule has 0 aliphatic rings. The molecule has 18 heavy (non-hydrogen) atoms. The molecule has 0 aliphatic heterocycles. The second kappa shape index (κ2) is 8.89. The Morgan fingerprint density at radius 2 is 2.00 bits per heavy atom. The zero-order valence-corrected chi connectivity index (χ0v) is 11.3. The molecule has 1 amide bonds. The van der Waals surface area contributed by atoms with Crippen LogP contribution < -0.4 is 11.1 Å². The minimum atomic E-state index is -0.345. The summed E-state index contributed by atoms with van der Waals surface area (Å²) in [6.45, 7) is 2.52. The van der Waals surface area contributed by atoms with Crippen molar-refractivity contribution >= 4 is 18.3 Å². The fourth-order valence-electron chi connectivity index (χ4n) is 1.57. The maximum atomic E-state index is 12.7. The number of rotatable bonds is 6. The summed E-state index contributed by atoms with van der Waals surface area (Å²) in [5.41, 5.74) is 6.05. The van der Waals surface area contributed by atoms with Crippen LogP contribution in [-0.4, -0.2) is 18.5 Å². The summed E-state index contributed by atoms with van der Waals surface area (Å²) < 4.78 is 12.7. The highest BCUT2D eigenvalue weighted by molar-refractivity contribution is 5.94. The lowest BCUT2D eigenvalue weighted by Gasteiger charge is -2.16. The fraction of sp³-hybridized carbons (Fsp3) is 0.462. The molecule has 0 fully saturated rings. The Balaban J connectivity index is 0.00000289. The second-order valence-electron chi connectivity index (χ2n) is 4.06. The van der Waals surface area contributed by atoms with Crippen LogP contribution in [0.15, 0.2) is 24.3 Å². The minimum absolute atomic E-state index is 0. The van der Waals surface area contributed by atoms with E-state index in [1.807, 2.05) is 0 Å². The number of nitrogens with one attached hydrogen (secondary N) is 1. The number of amides is 1. The van der Waals surface area contributed by atoms with Crippen molar-refractivity contribution in [2.45, 2.75) is 32.2 Å². The molecule has 0 radical (unpaired) electrons. The lowest BCUT2D eigenvalue weighted by Crippen LogP contribution is -2.40. The SMILES string of the molecule is CCCCC(CN)NC(=O)c1ccc(F)cc1.Cl. The number of unbranched alkanes of at least 4 members (excludes halogenated alkanes) is 1. The quantitative estimate of drug-likeness (QED) is 0.837. The van der Waals surface area contributed by atoms with E-state index in [2.05, 4.69) is 12.2 Å². The van der Waals surface area contributed by atoms with E-state index in [4.69, 9.17) is 5.73 Å². The number of nitrogens with two attached hydrogens (primary N) is 1. The van der Waals surface area contributed by atoms with Crippen LogP contribution in [0.2, 0.25) is 0 Å². The molecule has 1 unspecified atom stereocenters. The molecule has 1 atom stereocenters. The zero-order chi connectivity index (χ0) is 12.7. The number of halogens is 2. The minimum Gasteiger partial charge on any atom is -0.348 e. The molecule has 0 aliphatic carbocycles. The fourth-order valence-corrected chi connectivity index (χ4v) is 1.57. The van der Waals surface area contributed by atoms with Crippen molar-refractivity contribution in [1.82, 2.24) is 5.32 Å². The third-order valence-electron chi connectivity index (χ3n) is 2.63. The Hall–Kier alpha value is -1.13. The molecule has 5 heteroatoms. The summed E-state index contributed by atoms with van der Waals surface area (Å²) in [5, 5.41) is 2.85. The zero-order valence-electron chi connectivity index (χ0n) is 10.5. The van der Waals surface area contributed by atoms with Gasteiger partial charge in [-0.2, -0.15) is 0 Å². The van der Waals surface area contributed by atoms with Crippen molar-refractivity contribution in [3.05, 3.63) is 35.6 Å². The van der Waals surface area contributed by atoms with Gasteiger partial charge in [-0.3, -0.25) is 4.79 Å². The summed E-state index contributed by atoms with van der Waals surface area (Å²) in [4.78, 5) is 11.8. The molecular formula is C13H20ClFN2O. The van der Waals surface area contributed by atoms with E-state index >= 15 is 0 Å². The smallest absolute Gasteiger partial charge is 0.251 e. The molecule has 3 nitrogen and oxygen atoms in total. The molecule has 0 saturated carbocycles. The number of carbonyl (C=O) groups is 1. The number of benzene rings is 1. The first-order valence-corrected chi connectivity index (χ1v) is 5.94. The largest absolute Gasteiger partial charge is 0.348 e. The van der Waals surface area contributed by atoms with E-state index in [1.165, 1.54) is 24.3 Å². The van der Waals surface area contributed by atoms with Crippen molar-refractivity contribution in [2.24, 2.45) is 5.73 Å². The predicted molar refractivity (Wildman–Crippen MR) is 73.5 cm³/mol. The molecule has 0 bridgehead atoms. The maximum absolute atomic E-state index is 12.7. The van der Waals surface area contributed by atoms with Gasteiger partial charge in [0.2, 0.25) is 0 Å². The van der Waals surface area contributed by atoms with Gasteiger partial charge < -0.3 is 11.1 Å². The lowest BCUT2D eigenvalue weighted by molar-refractivity contribution is 0.0935. The average Bonchev–Trinajstić information content (AvgIpc) is 2.35. The number of hydrogen-bond acceptors (Lipinski definition) is 2. The van der Waals surface area contributed by atoms with E-state index in [1.54, 1.807) is 0 Å². The van der Waals surface area contributed by atoms with E-state index in [0.717, 1.165) is 19.3 Å². The van der Waals surface area contributed by atoms with Crippen molar-refractivity contribution in [2.75, 3.05) is 6.54 Å². The van der Waals surface area contributed by atoms with Crippen LogP contribution in [-0.2, 0) is 0 Å². The van der Waals surface area contributed by atoms with Gasteiger partial charge in [0.15, 0.2) is 0 Å². The van der Waals surface area contributed by atoms with Crippen LogP contribution in [0.25, 0.3) is 0 Å². The van der Waals surface area contributed by atoms with Crippen LogP contribution in [0.4, 0.5) is 4.39 Å². The van der Waals surface area contributed by atoms with Crippen LogP contribution in [0, 0.1) is 5.82 Å². The van der Waals surface area contributed by atoms with E-state index in [-0.39, 0.29) is 30.2 Å². The Labute approximate surface area is 113 Å². The van der Waals surface area contributed by atoms with Crippen LogP contribution in [0.5, 0.6) is 0 Å². The molecule has 0 saturated heterocycles. The third-order valence-corrected chi connectivity index (χ3v) is 2.63. The topological polar surface area (TPSA) is 55.1 Å². The molecule has 0 spiro atoms. The van der Waals surface area contributed by atoms with Gasteiger partial charge >= 0.3 is 0 Å². The Morgan fingerprint density at radius 3 is 2.50 bits per heavy atom. The molecule has 1 aromatic rings. The normalized spacial score (nSPS) is 11.5. The van der Waals surface area contributed by atoms with Crippen molar-refractivity contribution in [3.8, 4) is 0 Å². The van der Waals surface area contributed by atoms with Gasteiger partial charge in [0.1, 0.15) is 5.82 Å². The van der Waals surface area contributed by atoms with Gasteiger partial charge in [-0.15, -0.1) is 12.4 Å². The van der Waals surface area contributed by atoms with Gasteiger partial charge in [-0.05, 0) is 30.7 Å². The van der Waals surface area contributed by atoms with E-state index < -0.39 is 0 Å². The van der Waals surface area contributed by atoms with Gasteiger partial charge in [-0.25, -0.2) is 4.39 Å². The van der Waals surface area contributed by atoms with Crippen molar-refractivity contribution in [1.29, 1.82) is 0 Å². The summed E-state index contributed by atoms with van der Waals surface area (Å²) in [7, 11) is 0. The predicted octanol–water partition coefficient (Wildman–Crippen LogP) is 2.49. The average molecular weight is 275 g/mol. The summed E-state index contributed by atoms with van der Waals surface area (Å²) in [5.74, 6) is -0.542. The van der Waals surface area contributed by atoms with Gasteiger partial charge in [0.25, 0.3) is 5.91 Å². The van der Waals surface area contributed by atoms with E-state index in [9.17, 15) is 9.18 Å².